The second-order valence-electron chi connectivity index (χ2n) is 5.34. The SMILES string of the molecule is NC1(c2cccc(Cl)c2)N=CC=C(NCC2CNCCO2)N1. The summed E-state index contributed by atoms with van der Waals surface area (Å²) >= 11 is 6.04. The number of hydrogen-bond donors (Lipinski definition) is 4. The van der Waals surface area contributed by atoms with Gasteiger partial charge < -0.3 is 20.7 Å². The minimum Gasteiger partial charge on any atom is -0.374 e. The molecule has 2 atom stereocenters. The third-order valence-electron chi connectivity index (χ3n) is 3.63. The van der Waals surface area contributed by atoms with Gasteiger partial charge in [-0.25, -0.2) is 4.99 Å². The number of aliphatic imine (C=N–C) groups is 1. The van der Waals surface area contributed by atoms with Crippen molar-refractivity contribution in [1.82, 2.24) is 16.0 Å². The second kappa shape index (κ2) is 6.66. The number of benzene rings is 1. The van der Waals surface area contributed by atoms with E-state index in [0.29, 0.717) is 11.6 Å². The van der Waals surface area contributed by atoms with Crippen molar-refractivity contribution < 1.29 is 4.74 Å². The summed E-state index contributed by atoms with van der Waals surface area (Å²) in [6, 6.07) is 7.37. The minimum absolute atomic E-state index is 0.147. The van der Waals surface area contributed by atoms with E-state index in [1.807, 2.05) is 30.3 Å². The number of nitrogens with zero attached hydrogens (tertiary/aromatic N) is 1. The van der Waals surface area contributed by atoms with E-state index in [4.69, 9.17) is 22.1 Å². The van der Waals surface area contributed by atoms with Crippen LogP contribution in [0.5, 0.6) is 0 Å². The highest BCUT2D eigenvalue weighted by Crippen LogP contribution is 2.22. The maximum absolute atomic E-state index is 6.36. The van der Waals surface area contributed by atoms with Crippen molar-refractivity contribution in [3.8, 4) is 0 Å². The first-order valence-corrected chi connectivity index (χ1v) is 7.68. The summed E-state index contributed by atoms with van der Waals surface area (Å²) in [7, 11) is 0. The standard InChI is InChI=1S/C15H20ClN5O/c16-12-3-1-2-11(8-12)15(17)20-5-4-14(21-15)19-10-13-9-18-6-7-22-13/h1-5,8,13,18-19,21H,6-7,9-10,17H2. The molecule has 1 aromatic rings. The molecule has 2 heterocycles. The summed E-state index contributed by atoms with van der Waals surface area (Å²) in [4.78, 5) is 4.34. The molecule has 1 aromatic carbocycles. The third-order valence-corrected chi connectivity index (χ3v) is 3.87. The van der Waals surface area contributed by atoms with Gasteiger partial charge in [-0.05, 0) is 18.2 Å². The maximum atomic E-state index is 6.36. The molecule has 0 bridgehead atoms. The number of nitrogens with one attached hydrogen (secondary N) is 3. The first kappa shape index (κ1) is 15.3. The number of halogens is 1. The minimum atomic E-state index is -1.02. The predicted octanol–water partition coefficient (Wildman–Crippen LogP) is 0.502. The molecule has 3 rings (SSSR count). The van der Waals surface area contributed by atoms with Crippen molar-refractivity contribution in [3.05, 3.63) is 46.7 Å². The zero-order chi connectivity index (χ0) is 15.4. The average molecular weight is 322 g/mol. The number of ether oxygens (including phenoxy) is 1. The average Bonchev–Trinajstić information content (AvgIpc) is 2.54. The van der Waals surface area contributed by atoms with E-state index >= 15 is 0 Å². The Morgan fingerprint density at radius 1 is 1.50 bits per heavy atom. The first-order chi connectivity index (χ1) is 10.7. The summed E-state index contributed by atoms with van der Waals surface area (Å²) in [5.74, 6) is -0.208. The van der Waals surface area contributed by atoms with Gasteiger partial charge in [-0.15, -0.1) is 0 Å². The quantitative estimate of drug-likeness (QED) is 0.649. The molecule has 5 N–H and O–H groups in total. The van der Waals surface area contributed by atoms with E-state index in [1.54, 1.807) is 6.21 Å². The van der Waals surface area contributed by atoms with Crippen LogP contribution < -0.4 is 21.7 Å². The fraction of sp³-hybridized carbons (Fsp3) is 0.400. The molecule has 0 radical (unpaired) electrons. The fourth-order valence-electron chi connectivity index (χ4n) is 2.46. The zero-order valence-corrected chi connectivity index (χ0v) is 12.9. The number of rotatable bonds is 4. The summed E-state index contributed by atoms with van der Waals surface area (Å²) in [6.45, 7) is 3.19. The summed E-state index contributed by atoms with van der Waals surface area (Å²) in [6.07, 6.45) is 3.69. The van der Waals surface area contributed by atoms with Gasteiger partial charge in [0.05, 0.1) is 12.7 Å². The number of morpholine rings is 1. The largest absolute Gasteiger partial charge is 0.374 e. The molecule has 1 saturated heterocycles. The van der Waals surface area contributed by atoms with Crippen molar-refractivity contribution in [3.63, 3.8) is 0 Å². The normalized spacial score (nSPS) is 27.9. The molecule has 0 aromatic heterocycles. The Morgan fingerprint density at radius 3 is 3.18 bits per heavy atom. The van der Waals surface area contributed by atoms with E-state index < -0.39 is 5.79 Å². The molecule has 2 unspecified atom stereocenters. The van der Waals surface area contributed by atoms with Gasteiger partial charge in [0.25, 0.3) is 0 Å². The topological polar surface area (TPSA) is 83.7 Å². The fourth-order valence-corrected chi connectivity index (χ4v) is 2.65. The molecule has 2 aliphatic rings. The molecule has 7 heteroatoms. The van der Waals surface area contributed by atoms with Gasteiger partial charge in [0.1, 0.15) is 5.82 Å². The van der Waals surface area contributed by atoms with Crippen LogP contribution in [0.3, 0.4) is 0 Å². The summed E-state index contributed by atoms with van der Waals surface area (Å²) in [5, 5.41) is 10.4. The van der Waals surface area contributed by atoms with E-state index in [-0.39, 0.29) is 6.10 Å². The van der Waals surface area contributed by atoms with E-state index in [2.05, 4.69) is 20.9 Å². The van der Waals surface area contributed by atoms with Crippen molar-refractivity contribution in [2.45, 2.75) is 11.9 Å². The lowest BCUT2D eigenvalue weighted by atomic mass is 10.1. The van der Waals surface area contributed by atoms with Crippen molar-refractivity contribution >= 4 is 17.8 Å². The molecule has 0 amide bonds. The molecule has 118 valence electrons. The lowest BCUT2D eigenvalue weighted by Gasteiger charge is -2.33. The van der Waals surface area contributed by atoms with Crippen LogP contribution in [0.2, 0.25) is 5.02 Å². The Balaban J connectivity index is 1.63. The van der Waals surface area contributed by atoms with E-state index in [1.165, 1.54) is 0 Å². The van der Waals surface area contributed by atoms with Crippen LogP contribution >= 0.6 is 11.6 Å². The molecular weight excluding hydrogens is 302 g/mol. The van der Waals surface area contributed by atoms with E-state index in [0.717, 1.165) is 31.1 Å². The molecule has 22 heavy (non-hydrogen) atoms. The van der Waals surface area contributed by atoms with Gasteiger partial charge in [-0.3, -0.25) is 5.73 Å². The number of allylic oxidation sites excluding steroid dienone is 1. The van der Waals surface area contributed by atoms with Crippen LogP contribution in [0.25, 0.3) is 0 Å². The highest BCUT2D eigenvalue weighted by Gasteiger charge is 2.29. The molecule has 0 saturated carbocycles. The Bertz CT molecular complexity index is 585. The highest BCUT2D eigenvalue weighted by molar-refractivity contribution is 6.30. The van der Waals surface area contributed by atoms with Crippen molar-refractivity contribution in [2.75, 3.05) is 26.2 Å². The second-order valence-corrected chi connectivity index (χ2v) is 5.77. The summed E-state index contributed by atoms with van der Waals surface area (Å²) in [5.41, 5.74) is 7.16. The van der Waals surface area contributed by atoms with Crippen LogP contribution in [-0.2, 0) is 10.5 Å². The highest BCUT2D eigenvalue weighted by atomic mass is 35.5. The molecule has 0 aliphatic carbocycles. The third kappa shape index (κ3) is 3.59. The number of hydrogen-bond acceptors (Lipinski definition) is 6. The van der Waals surface area contributed by atoms with Crippen molar-refractivity contribution in [1.29, 1.82) is 0 Å². The Labute approximate surface area is 134 Å². The van der Waals surface area contributed by atoms with Gasteiger partial charge in [0.2, 0.25) is 5.79 Å². The molecule has 2 aliphatic heterocycles. The van der Waals surface area contributed by atoms with E-state index in [9.17, 15) is 0 Å². The molecule has 1 fully saturated rings. The lowest BCUT2D eigenvalue weighted by Crippen LogP contribution is -2.53. The zero-order valence-electron chi connectivity index (χ0n) is 12.2. The van der Waals surface area contributed by atoms with Gasteiger partial charge in [-0.1, -0.05) is 23.7 Å². The van der Waals surface area contributed by atoms with Crippen LogP contribution in [0.15, 0.2) is 41.2 Å². The van der Waals surface area contributed by atoms with Crippen molar-refractivity contribution in [2.24, 2.45) is 10.7 Å². The van der Waals surface area contributed by atoms with Crippen LogP contribution in [0.4, 0.5) is 0 Å². The van der Waals surface area contributed by atoms with Gasteiger partial charge >= 0.3 is 0 Å². The van der Waals surface area contributed by atoms with Gasteiger partial charge in [0.15, 0.2) is 0 Å². The molecule has 0 spiro atoms. The van der Waals surface area contributed by atoms with Gasteiger partial charge in [-0.2, -0.15) is 0 Å². The predicted molar refractivity (Wildman–Crippen MR) is 87.6 cm³/mol. The van der Waals surface area contributed by atoms with Crippen LogP contribution in [-0.4, -0.2) is 38.6 Å². The smallest absolute Gasteiger partial charge is 0.210 e. The number of nitrogens with two attached hydrogens (primary N) is 1. The van der Waals surface area contributed by atoms with Gasteiger partial charge in [0, 0.05) is 36.4 Å². The Hall–Kier alpha value is -1.60. The first-order valence-electron chi connectivity index (χ1n) is 7.30. The molecular formula is C15H20ClN5O. The lowest BCUT2D eigenvalue weighted by molar-refractivity contribution is 0.0302. The Kier molecular flexibility index (Phi) is 4.63. The maximum Gasteiger partial charge on any atom is 0.210 e. The molecule has 6 nitrogen and oxygen atoms in total. The monoisotopic (exact) mass is 321 g/mol. The summed E-state index contributed by atoms with van der Waals surface area (Å²) < 4.78 is 5.66. The Morgan fingerprint density at radius 2 is 2.41 bits per heavy atom. The van der Waals surface area contributed by atoms with Crippen LogP contribution in [0.1, 0.15) is 5.56 Å². The van der Waals surface area contributed by atoms with Crippen LogP contribution in [0, 0.1) is 0 Å².